The zero-order chi connectivity index (χ0) is 67.1. The van der Waals surface area contributed by atoms with Crippen molar-refractivity contribution in [1.82, 2.24) is 9.13 Å². The predicted molar refractivity (Wildman–Crippen MR) is 322 cm³/mol. The summed E-state index contributed by atoms with van der Waals surface area (Å²) in [6.45, 7) is 1.91. The topological polar surface area (TPSA) is 190 Å². The number of hydrogen-bond donors (Lipinski definition) is 2. The molecular weight excluding hydrogens is 1420 g/mol. The van der Waals surface area contributed by atoms with E-state index in [1.54, 1.807) is 18.2 Å². The third-order valence-electron chi connectivity index (χ3n) is 12.8. The molecule has 10 rings (SSSR count). The van der Waals surface area contributed by atoms with E-state index in [9.17, 15) is 87.9 Å². The summed E-state index contributed by atoms with van der Waals surface area (Å²) in [7, 11) is -9.29. The molecule has 0 saturated carbocycles. The second kappa shape index (κ2) is 28.8. The average molecular weight is 1460 g/mol. The smallest absolute Gasteiger partial charge is 0.488 e. The monoisotopic (exact) mass is 1460 g/mol. The Morgan fingerprint density at radius 3 is 1.29 bits per heavy atom. The van der Waals surface area contributed by atoms with Crippen molar-refractivity contribution < 1.29 is 111 Å². The Morgan fingerprint density at radius 2 is 0.892 bits per heavy atom. The fourth-order valence-electron chi connectivity index (χ4n) is 8.54. The van der Waals surface area contributed by atoms with E-state index in [4.69, 9.17) is 19.5 Å². The molecule has 0 spiro atoms. The van der Waals surface area contributed by atoms with Gasteiger partial charge in [0.15, 0.2) is 0 Å². The molecule has 0 amide bonds. The number of halogens is 16. The first-order valence-corrected chi connectivity index (χ1v) is 28.5. The molecule has 0 bridgehead atoms. The average Bonchev–Trinajstić information content (AvgIpc) is 0.809. The molecule has 35 heteroatoms. The van der Waals surface area contributed by atoms with Crippen LogP contribution in [0.4, 0.5) is 65.9 Å². The maximum atomic E-state index is 15.4. The molecule has 490 valence electrons. The van der Waals surface area contributed by atoms with E-state index < -0.39 is 141 Å². The number of fused-ring (bicyclic) bond motifs is 2. The third kappa shape index (κ3) is 15.1. The molecule has 2 aromatic heterocycles. The first-order chi connectivity index (χ1) is 42.6. The van der Waals surface area contributed by atoms with Crippen LogP contribution in [-0.2, 0) is 26.4 Å². The number of benzene rings is 8. The van der Waals surface area contributed by atoms with Gasteiger partial charge >= 0.3 is 33.5 Å². The van der Waals surface area contributed by atoms with Gasteiger partial charge in [-0.2, -0.15) is 67.4 Å². The second-order valence-corrected chi connectivity index (χ2v) is 22.6. The molecule has 14 nitrogen and oxygen atoms in total. The Hall–Kier alpha value is -8.45. The molecule has 93 heavy (non-hydrogen) atoms. The summed E-state index contributed by atoms with van der Waals surface area (Å²) in [6, 6.07) is 24.9. The van der Waals surface area contributed by atoms with Gasteiger partial charge in [0.1, 0.15) is 32.9 Å². The lowest BCUT2D eigenvalue weighted by Gasteiger charge is -2.17. The summed E-state index contributed by atoms with van der Waals surface area (Å²) in [5, 5.41) is 17.4. The number of ether oxygens (including phenoxy) is 2. The molecule has 10 aromatic rings. The van der Waals surface area contributed by atoms with Gasteiger partial charge in [0.2, 0.25) is 69.7 Å². The van der Waals surface area contributed by atoms with Crippen molar-refractivity contribution >= 4 is 90.4 Å². The van der Waals surface area contributed by atoms with Crippen molar-refractivity contribution in [2.45, 2.75) is 22.9 Å². The summed E-state index contributed by atoms with van der Waals surface area (Å²) in [5.41, 5.74) is -1.63. The molecule has 0 fully saturated rings. The number of alkyl halides is 3. The standard InChI is InChI=1S/C29H14F9NO5S.C22H10BrF6NO5S.C7H9BO2.2H3P/c1-43-21-11-17(13-3-2-4-15(9-13)29(36,37)38)18(30)12-20(21)39-19-7-6-16(10-14(19)5-8-22(39)40)45(41,42)44-28-26(34)24(32)23(31)25(33)27(28)35;1-34-15-7-11(23)12(24)8-14(15)30-13-4-3-10(6-9(13)2-5-16(30)31)36(32,33)35-22-20(28)18(26)17(25)19(27)21(22)29;1-6-3-2-4-7(5-6)8(9)10;;/h2-12H,1H3;2-8H,1H3;2-5,9-10H,1H3;2*1H3. The highest BCUT2D eigenvalue weighted by Gasteiger charge is 2.34. The number of hydrogen-bond acceptors (Lipinski definition) is 12. The van der Waals surface area contributed by atoms with Crippen molar-refractivity contribution in [3.63, 3.8) is 0 Å². The van der Waals surface area contributed by atoms with E-state index in [-0.39, 0.29) is 80.1 Å². The van der Waals surface area contributed by atoms with E-state index in [2.05, 4.69) is 24.3 Å². The fourth-order valence-corrected chi connectivity index (χ4v) is 10.8. The van der Waals surface area contributed by atoms with Gasteiger partial charge in [-0.3, -0.25) is 18.7 Å². The number of nitrogens with zero attached hydrogens (tertiary/aromatic N) is 2. The number of pyridine rings is 2. The molecule has 2 heterocycles. The van der Waals surface area contributed by atoms with Crippen LogP contribution in [0.5, 0.6) is 23.0 Å². The molecule has 2 N–H and O–H groups in total. The third-order valence-corrected chi connectivity index (χ3v) is 15.9. The van der Waals surface area contributed by atoms with Gasteiger partial charge in [-0.15, -0.1) is 0 Å². The van der Waals surface area contributed by atoms with Gasteiger partial charge in [0, 0.05) is 40.6 Å². The van der Waals surface area contributed by atoms with Crippen molar-refractivity contribution in [2.75, 3.05) is 14.2 Å². The predicted octanol–water partition coefficient (Wildman–Crippen LogP) is 12.4. The highest BCUT2D eigenvalue weighted by Crippen LogP contribution is 2.39. The van der Waals surface area contributed by atoms with E-state index >= 15 is 4.39 Å². The summed E-state index contributed by atoms with van der Waals surface area (Å²) in [4.78, 5) is 24.0. The van der Waals surface area contributed by atoms with Crippen LogP contribution in [-0.4, -0.2) is 57.4 Å². The molecular formula is C58H39BBrF15N2O12P2S2. The maximum Gasteiger partial charge on any atom is 0.488 e. The Kier molecular flexibility index (Phi) is 22.8. The summed E-state index contributed by atoms with van der Waals surface area (Å²) < 4.78 is 278. The lowest BCUT2D eigenvalue weighted by molar-refractivity contribution is -0.137. The zero-order valence-electron chi connectivity index (χ0n) is 46.9. The molecule has 0 aliphatic rings. The molecule has 0 saturated heterocycles. The lowest BCUT2D eigenvalue weighted by atomic mass is 9.80. The minimum atomic E-state index is -5.24. The van der Waals surface area contributed by atoms with E-state index in [0.29, 0.717) is 5.46 Å². The van der Waals surface area contributed by atoms with Crippen LogP contribution in [0.25, 0.3) is 44.3 Å². The Labute approximate surface area is 529 Å². The Balaban J connectivity index is 0.000000256. The summed E-state index contributed by atoms with van der Waals surface area (Å²) in [5.74, 6) is -30.7. The van der Waals surface area contributed by atoms with Gasteiger partial charge in [-0.25, -0.2) is 35.1 Å². The van der Waals surface area contributed by atoms with Gasteiger partial charge in [-0.05, 0) is 107 Å². The van der Waals surface area contributed by atoms with Crippen molar-refractivity contribution in [3.05, 3.63) is 240 Å². The minimum absolute atomic E-state index is 0. The zero-order valence-corrected chi connectivity index (χ0v) is 53.0. The molecule has 2 atom stereocenters. The van der Waals surface area contributed by atoms with Crippen LogP contribution in [0.1, 0.15) is 11.1 Å². The van der Waals surface area contributed by atoms with Gasteiger partial charge in [0.05, 0.1) is 46.7 Å². The number of aryl methyl sites for hydroxylation is 1. The van der Waals surface area contributed by atoms with Crippen LogP contribution < -0.4 is 34.4 Å². The number of aromatic nitrogens is 2. The van der Waals surface area contributed by atoms with Crippen molar-refractivity contribution in [3.8, 4) is 45.5 Å². The SMILES string of the molecule is COc1cc(-c2cccc(C(F)(F)F)c2)c(F)cc1-n1c(=O)ccc2cc(S(=O)(=O)Oc3c(F)c(F)c(F)c(F)c3F)ccc21.COc1cc(Br)c(F)cc1-n1c(=O)ccc2cc(S(=O)(=O)Oc3c(F)c(F)c(F)c(F)c3F)ccc21.Cc1cccc(B(O)O)c1.P.P. The van der Waals surface area contributed by atoms with Crippen LogP contribution in [0.3, 0.4) is 0 Å². The van der Waals surface area contributed by atoms with Gasteiger partial charge < -0.3 is 27.9 Å². The van der Waals surface area contributed by atoms with E-state index in [0.717, 1.165) is 113 Å². The largest absolute Gasteiger partial charge is 0.495 e. The van der Waals surface area contributed by atoms with Crippen LogP contribution in [0, 0.1) is 76.7 Å². The highest BCUT2D eigenvalue weighted by molar-refractivity contribution is 9.10. The Bertz CT molecular complexity index is 4900. The fraction of sp³-hybridized carbons (Fsp3) is 0.0690. The molecule has 0 radical (unpaired) electrons. The van der Waals surface area contributed by atoms with Gasteiger partial charge in [-0.1, -0.05) is 42.0 Å². The number of rotatable bonds is 12. The van der Waals surface area contributed by atoms with Crippen LogP contribution in [0.2, 0.25) is 0 Å². The maximum absolute atomic E-state index is 15.4. The normalized spacial score (nSPS) is 11.4. The first-order valence-electron chi connectivity index (χ1n) is 24.9. The summed E-state index contributed by atoms with van der Waals surface area (Å²) in [6.07, 6.45) is -4.71. The van der Waals surface area contributed by atoms with Gasteiger partial charge in [0.25, 0.3) is 11.1 Å². The summed E-state index contributed by atoms with van der Waals surface area (Å²) >= 11 is 3.00. The quantitative estimate of drug-likeness (QED) is 0.0294. The van der Waals surface area contributed by atoms with Crippen molar-refractivity contribution in [1.29, 1.82) is 0 Å². The molecule has 2 unspecified atom stereocenters. The highest BCUT2D eigenvalue weighted by atomic mass is 79.9. The molecule has 8 aromatic carbocycles. The second-order valence-electron chi connectivity index (χ2n) is 18.6. The Morgan fingerprint density at radius 1 is 0.484 bits per heavy atom. The lowest BCUT2D eigenvalue weighted by Crippen LogP contribution is -2.29. The van der Waals surface area contributed by atoms with Crippen LogP contribution >= 0.6 is 35.7 Å². The first kappa shape index (κ1) is 73.6. The van der Waals surface area contributed by atoms with Crippen LogP contribution in [0.15, 0.2) is 157 Å². The van der Waals surface area contributed by atoms with E-state index in [1.165, 1.54) is 25.3 Å². The molecule has 0 aliphatic carbocycles. The van der Waals surface area contributed by atoms with E-state index in [1.807, 2.05) is 13.0 Å². The number of methoxy groups -OCH3 is 2. The minimum Gasteiger partial charge on any atom is -0.495 e. The van der Waals surface area contributed by atoms with Crippen molar-refractivity contribution in [2.24, 2.45) is 0 Å². The molecule has 0 aliphatic heterocycles.